The average Bonchev–Trinajstić information content (AvgIpc) is 2.87. The van der Waals surface area contributed by atoms with Crippen molar-refractivity contribution in [1.82, 2.24) is 14.6 Å². The van der Waals surface area contributed by atoms with Crippen molar-refractivity contribution >= 4 is 11.5 Å². The third-order valence-corrected chi connectivity index (χ3v) is 3.62. The standard InChI is InChI=1S/C13H18N4O/c1-18-11-4-2-10(3-5-11)15-12-7-9-17-13(16-12)6-8-14-17/h6-11H,2-5H2,1H3,(H,15,16). The van der Waals surface area contributed by atoms with Crippen molar-refractivity contribution in [2.24, 2.45) is 0 Å². The van der Waals surface area contributed by atoms with E-state index in [0.29, 0.717) is 12.1 Å². The van der Waals surface area contributed by atoms with Gasteiger partial charge in [-0.1, -0.05) is 0 Å². The van der Waals surface area contributed by atoms with Crippen molar-refractivity contribution in [3.63, 3.8) is 0 Å². The molecule has 2 aromatic rings. The van der Waals surface area contributed by atoms with Crippen LogP contribution in [0.5, 0.6) is 0 Å². The molecule has 0 aromatic carbocycles. The summed E-state index contributed by atoms with van der Waals surface area (Å²) in [7, 11) is 1.80. The van der Waals surface area contributed by atoms with Gasteiger partial charge < -0.3 is 10.1 Å². The number of aromatic nitrogens is 3. The lowest BCUT2D eigenvalue weighted by Crippen LogP contribution is -2.29. The highest BCUT2D eigenvalue weighted by Gasteiger charge is 2.20. The van der Waals surface area contributed by atoms with E-state index in [4.69, 9.17) is 4.74 Å². The summed E-state index contributed by atoms with van der Waals surface area (Å²) in [4.78, 5) is 4.53. The van der Waals surface area contributed by atoms with Crippen molar-refractivity contribution in [3.05, 3.63) is 24.5 Å². The summed E-state index contributed by atoms with van der Waals surface area (Å²) >= 11 is 0. The highest BCUT2D eigenvalue weighted by atomic mass is 16.5. The summed E-state index contributed by atoms with van der Waals surface area (Å²) in [6.07, 6.45) is 8.68. The van der Waals surface area contributed by atoms with Crippen LogP contribution in [0.2, 0.25) is 0 Å². The van der Waals surface area contributed by atoms with Crippen LogP contribution in [0.15, 0.2) is 24.5 Å². The van der Waals surface area contributed by atoms with Crippen molar-refractivity contribution in [1.29, 1.82) is 0 Å². The maximum Gasteiger partial charge on any atom is 0.157 e. The Morgan fingerprint density at radius 2 is 2.11 bits per heavy atom. The second-order valence-electron chi connectivity index (χ2n) is 4.80. The van der Waals surface area contributed by atoms with Gasteiger partial charge in [0, 0.05) is 25.4 Å². The minimum Gasteiger partial charge on any atom is -0.381 e. The molecule has 5 nitrogen and oxygen atoms in total. The number of anilines is 1. The number of ether oxygens (including phenoxy) is 1. The van der Waals surface area contributed by atoms with Crippen LogP contribution < -0.4 is 5.32 Å². The second-order valence-corrected chi connectivity index (χ2v) is 4.80. The number of hydrogen-bond donors (Lipinski definition) is 1. The Balaban J connectivity index is 1.65. The Kier molecular flexibility index (Phi) is 3.15. The molecule has 2 aromatic heterocycles. The molecule has 1 N–H and O–H groups in total. The van der Waals surface area contributed by atoms with E-state index in [0.717, 1.165) is 37.1 Å². The van der Waals surface area contributed by atoms with Gasteiger partial charge in [0.15, 0.2) is 5.65 Å². The van der Waals surface area contributed by atoms with Crippen LogP contribution in [-0.2, 0) is 4.74 Å². The van der Waals surface area contributed by atoms with E-state index < -0.39 is 0 Å². The summed E-state index contributed by atoms with van der Waals surface area (Å²) in [5.74, 6) is 0.934. The normalized spacial score (nSPS) is 24.3. The van der Waals surface area contributed by atoms with Crippen LogP contribution in [0, 0.1) is 0 Å². The summed E-state index contributed by atoms with van der Waals surface area (Å²) < 4.78 is 7.15. The Hall–Kier alpha value is -1.62. The molecule has 0 saturated heterocycles. The molecule has 2 heterocycles. The maximum absolute atomic E-state index is 5.38. The molecule has 0 atom stereocenters. The molecule has 1 saturated carbocycles. The maximum atomic E-state index is 5.38. The number of nitrogens with zero attached hydrogens (tertiary/aromatic N) is 3. The second kappa shape index (κ2) is 4.94. The number of methoxy groups -OCH3 is 1. The van der Waals surface area contributed by atoms with Gasteiger partial charge in [-0.05, 0) is 31.7 Å². The molecule has 1 aliphatic carbocycles. The largest absolute Gasteiger partial charge is 0.381 e. The van der Waals surface area contributed by atoms with Gasteiger partial charge >= 0.3 is 0 Å². The highest BCUT2D eigenvalue weighted by molar-refractivity contribution is 5.45. The average molecular weight is 246 g/mol. The number of hydrogen-bond acceptors (Lipinski definition) is 4. The van der Waals surface area contributed by atoms with Crippen LogP contribution >= 0.6 is 0 Å². The lowest BCUT2D eigenvalue weighted by atomic mass is 9.93. The molecular weight excluding hydrogens is 228 g/mol. The predicted molar refractivity (Wildman–Crippen MR) is 69.7 cm³/mol. The molecule has 0 radical (unpaired) electrons. The summed E-state index contributed by atoms with van der Waals surface area (Å²) in [6.45, 7) is 0. The quantitative estimate of drug-likeness (QED) is 0.901. The third-order valence-electron chi connectivity index (χ3n) is 3.62. The zero-order valence-corrected chi connectivity index (χ0v) is 10.5. The third kappa shape index (κ3) is 2.31. The Bertz CT molecular complexity index is 516. The van der Waals surface area contributed by atoms with E-state index in [2.05, 4.69) is 15.4 Å². The number of rotatable bonds is 3. The molecule has 96 valence electrons. The van der Waals surface area contributed by atoms with Crippen molar-refractivity contribution in [2.75, 3.05) is 12.4 Å². The van der Waals surface area contributed by atoms with Crippen molar-refractivity contribution in [2.45, 2.75) is 37.8 Å². The Morgan fingerprint density at radius 3 is 2.89 bits per heavy atom. The topological polar surface area (TPSA) is 51.5 Å². The number of fused-ring (bicyclic) bond motifs is 1. The molecular formula is C13H18N4O. The van der Waals surface area contributed by atoms with Crippen molar-refractivity contribution in [3.8, 4) is 0 Å². The number of nitrogens with one attached hydrogen (secondary N) is 1. The van der Waals surface area contributed by atoms with Gasteiger partial charge in [0.05, 0.1) is 12.3 Å². The van der Waals surface area contributed by atoms with Gasteiger partial charge in [0.1, 0.15) is 5.82 Å². The van der Waals surface area contributed by atoms with Crippen LogP contribution in [-0.4, -0.2) is 33.9 Å². The lowest BCUT2D eigenvalue weighted by molar-refractivity contribution is 0.0681. The van der Waals surface area contributed by atoms with Gasteiger partial charge in [-0.25, -0.2) is 9.50 Å². The van der Waals surface area contributed by atoms with E-state index in [1.807, 2.05) is 18.3 Å². The van der Waals surface area contributed by atoms with E-state index >= 15 is 0 Å². The van der Waals surface area contributed by atoms with Gasteiger partial charge in [0.25, 0.3) is 0 Å². The van der Waals surface area contributed by atoms with Crippen LogP contribution in [0.3, 0.4) is 0 Å². The first-order chi connectivity index (χ1) is 8.85. The van der Waals surface area contributed by atoms with Crippen LogP contribution in [0.1, 0.15) is 25.7 Å². The molecule has 1 aliphatic rings. The van der Waals surface area contributed by atoms with Gasteiger partial charge in [0.2, 0.25) is 0 Å². The molecule has 3 rings (SSSR count). The zero-order valence-electron chi connectivity index (χ0n) is 10.5. The fourth-order valence-electron chi connectivity index (χ4n) is 2.54. The van der Waals surface area contributed by atoms with E-state index in [9.17, 15) is 0 Å². The smallest absolute Gasteiger partial charge is 0.157 e. The summed E-state index contributed by atoms with van der Waals surface area (Å²) in [5.41, 5.74) is 0.880. The monoisotopic (exact) mass is 246 g/mol. The Morgan fingerprint density at radius 1 is 1.28 bits per heavy atom. The van der Waals surface area contributed by atoms with Gasteiger partial charge in [-0.15, -0.1) is 0 Å². The first-order valence-electron chi connectivity index (χ1n) is 6.45. The first-order valence-corrected chi connectivity index (χ1v) is 6.45. The van der Waals surface area contributed by atoms with Gasteiger partial charge in [-0.3, -0.25) is 0 Å². The molecule has 0 amide bonds. The minimum absolute atomic E-state index is 0.438. The molecule has 5 heteroatoms. The molecule has 0 unspecified atom stereocenters. The summed E-state index contributed by atoms with van der Waals surface area (Å²) in [5, 5.41) is 7.64. The predicted octanol–water partition coefficient (Wildman–Crippen LogP) is 2.10. The van der Waals surface area contributed by atoms with E-state index in [-0.39, 0.29) is 0 Å². The molecule has 1 fully saturated rings. The molecule has 18 heavy (non-hydrogen) atoms. The fraction of sp³-hybridized carbons (Fsp3) is 0.538. The van der Waals surface area contributed by atoms with Crippen molar-refractivity contribution < 1.29 is 4.74 Å². The van der Waals surface area contributed by atoms with E-state index in [1.165, 1.54) is 0 Å². The molecule has 0 spiro atoms. The fourth-order valence-corrected chi connectivity index (χ4v) is 2.54. The van der Waals surface area contributed by atoms with Crippen LogP contribution in [0.25, 0.3) is 5.65 Å². The first kappa shape index (κ1) is 11.5. The highest BCUT2D eigenvalue weighted by Crippen LogP contribution is 2.23. The molecule has 0 bridgehead atoms. The molecule has 0 aliphatic heterocycles. The lowest BCUT2D eigenvalue weighted by Gasteiger charge is -2.28. The SMILES string of the molecule is COC1CCC(Nc2ccn3nccc3n2)CC1. The zero-order chi connectivity index (χ0) is 12.4. The van der Waals surface area contributed by atoms with Crippen LogP contribution in [0.4, 0.5) is 5.82 Å². The Labute approximate surface area is 106 Å². The van der Waals surface area contributed by atoms with Gasteiger partial charge in [-0.2, -0.15) is 5.10 Å². The summed E-state index contributed by atoms with van der Waals surface area (Å²) in [6, 6.07) is 4.39. The van der Waals surface area contributed by atoms with E-state index in [1.54, 1.807) is 17.8 Å². The minimum atomic E-state index is 0.438.